The van der Waals surface area contributed by atoms with Crippen LogP contribution in [0.25, 0.3) is 21.8 Å². The molecule has 0 spiro atoms. The van der Waals surface area contributed by atoms with Crippen molar-refractivity contribution < 1.29 is 19.1 Å². The molecule has 0 atom stereocenters. The zero-order chi connectivity index (χ0) is 25.8. The van der Waals surface area contributed by atoms with E-state index in [0.717, 1.165) is 0 Å². The van der Waals surface area contributed by atoms with E-state index in [1.54, 1.807) is 102 Å². The summed E-state index contributed by atoms with van der Waals surface area (Å²) >= 11 is 0. The zero-order valence-corrected chi connectivity index (χ0v) is 19.7. The Balaban J connectivity index is 1.26. The van der Waals surface area contributed by atoms with Gasteiger partial charge in [0.1, 0.15) is 6.54 Å². The molecule has 5 aromatic rings. The summed E-state index contributed by atoms with van der Waals surface area (Å²) in [7, 11) is 0. The molecule has 0 unspecified atom stereocenters. The fourth-order valence-corrected chi connectivity index (χ4v) is 4.18. The topological polar surface area (TPSA) is 94.5 Å². The molecule has 1 aromatic heterocycles. The number of para-hydroxylation sites is 2. The molecule has 5 rings (SSSR count). The molecule has 0 aliphatic carbocycles. The van der Waals surface area contributed by atoms with Gasteiger partial charge >= 0.3 is 5.97 Å². The van der Waals surface area contributed by atoms with Crippen molar-refractivity contribution in [3.63, 3.8) is 0 Å². The van der Waals surface area contributed by atoms with Gasteiger partial charge in [-0.2, -0.15) is 0 Å². The molecule has 0 aliphatic heterocycles. The first kappa shape index (κ1) is 23.7. The molecule has 37 heavy (non-hydrogen) atoms. The Bertz CT molecular complexity index is 1630. The van der Waals surface area contributed by atoms with Gasteiger partial charge in [0.05, 0.1) is 11.0 Å². The van der Waals surface area contributed by atoms with Gasteiger partial charge in [0.25, 0.3) is 5.91 Å². The van der Waals surface area contributed by atoms with E-state index < -0.39 is 12.6 Å². The summed E-state index contributed by atoms with van der Waals surface area (Å²) in [6.45, 7) is -0.580. The van der Waals surface area contributed by atoms with E-state index in [1.807, 2.05) is 6.07 Å². The highest BCUT2D eigenvalue weighted by Gasteiger charge is 2.15. The largest absolute Gasteiger partial charge is 0.456 e. The van der Waals surface area contributed by atoms with Crippen molar-refractivity contribution in [1.82, 2.24) is 4.57 Å². The summed E-state index contributed by atoms with van der Waals surface area (Å²) in [6.07, 6.45) is 0. The third kappa shape index (κ3) is 5.01. The van der Waals surface area contributed by atoms with Crippen LogP contribution in [0.2, 0.25) is 0 Å². The average molecular weight is 491 g/mol. The van der Waals surface area contributed by atoms with E-state index in [1.165, 1.54) is 0 Å². The maximum absolute atomic E-state index is 12.9. The fourth-order valence-electron chi connectivity index (χ4n) is 4.18. The smallest absolute Gasteiger partial charge is 0.326 e. The monoisotopic (exact) mass is 490 g/mol. The number of fused-ring (bicyclic) bond motifs is 2. The lowest BCUT2D eigenvalue weighted by molar-refractivity contribution is -0.143. The third-order valence-corrected chi connectivity index (χ3v) is 6.03. The number of aromatic nitrogens is 1. The van der Waals surface area contributed by atoms with E-state index in [-0.39, 0.29) is 23.7 Å². The quantitative estimate of drug-likeness (QED) is 0.200. The molecular formula is C30H22N2O5. The Hall–Kier alpha value is -5.04. The lowest BCUT2D eigenvalue weighted by Crippen LogP contribution is -2.20. The number of rotatable bonds is 7. The second-order valence-electron chi connectivity index (χ2n) is 8.43. The number of carbonyl (C=O) groups is 3. The fraction of sp³-hybridized carbons (Fsp3) is 0.0667. The number of carbonyl (C=O) groups excluding carboxylic acids is 3. The molecule has 1 amide bonds. The minimum Gasteiger partial charge on any atom is -0.456 e. The van der Waals surface area contributed by atoms with Crippen LogP contribution < -0.4 is 10.7 Å². The van der Waals surface area contributed by atoms with Crippen molar-refractivity contribution in [3.05, 3.63) is 124 Å². The lowest BCUT2D eigenvalue weighted by Gasteiger charge is -2.14. The summed E-state index contributed by atoms with van der Waals surface area (Å²) < 4.78 is 7.01. The van der Waals surface area contributed by atoms with Gasteiger partial charge in [-0.3, -0.25) is 19.2 Å². The van der Waals surface area contributed by atoms with Crippen molar-refractivity contribution in [2.45, 2.75) is 6.54 Å². The van der Waals surface area contributed by atoms with Gasteiger partial charge in [-0.1, -0.05) is 42.5 Å². The minimum absolute atomic E-state index is 0.102. The minimum atomic E-state index is -0.598. The Kier molecular flexibility index (Phi) is 6.59. The van der Waals surface area contributed by atoms with Gasteiger partial charge in [0.2, 0.25) is 0 Å². The van der Waals surface area contributed by atoms with Crippen LogP contribution in [0.15, 0.2) is 108 Å². The normalized spacial score (nSPS) is 10.8. The van der Waals surface area contributed by atoms with E-state index in [4.69, 9.17) is 4.74 Å². The Morgan fingerprint density at radius 1 is 0.676 bits per heavy atom. The molecule has 0 bridgehead atoms. The van der Waals surface area contributed by atoms with Crippen LogP contribution in [0, 0.1) is 0 Å². The van der Waals surface area contributed by atoms with Crippen LogP contribution in [-0.2, 0) is 16.1 Å². The van der Waals surface area contributed by atoms with E-state index >= 15 is 0 Å². The number of pyridine rings is 1. The predicted molar refractivity (Wildman–Crippen MR) is 142 cm³/mol. The SMILES string of the molecule is O=C(Cn1c2ccccc2c(=O)c2ccccc21)OCC(=O)c1ccc(NC(=O)c2ccccc2)cc1. The molecule has 4 aromatic carbocycles. The second-order valence-corrected chi connectivity index (χ2v) is 8.43. The molecular weight excluding hydrogens is 468 g/mol. The van der Waals surface area contributed by atoms with Crippen molar-refractivity contribution in [2.24, 2.45) is 0 Å². The van der Waals surface area contributed by atoms with Gasteiger partial charge in [-0.25, -0.2) is 0 Å². The second kappa shape index (κ2) is 10.3. The summed E-state index contributed by atoms with van der Waals surface area (Å²) in [5.74, 6) is -1.22. The highest BCUT2D eigenvalue weighted by atomic mass is 16.5. The highest BCUT2D eigenvalue weighted by Crippen LogP contribution is 2.19. The van der Waals surface area contributed by atoms with Crippen LogP contribution in [0.3, 0.4) is 0 Å². The summed E-state index contributed by atoms with van der Waals surface area (Å²) in [6, 6.07) is 29.3. The van der Waals surface area contributed by atoms with Crippen molar-refractivity contribution in [3.8, 4) is 0 Å². The number of anilines is 1. The molecule has 0 saturated carbocycles. The molecule has 7 nitrogen and oxygen atoms in total. The molecule has 182 valence electrons. The highest BCUT2D eigenvalue weighted by molar-refractivity contribution is 6.04. The standard InChI is InChI=1S/C30H22N2O5/c33-27(20-14-16-22(17-15-20)31-30(36)21-8-2-1-3-9-21)19-37-28(34)18-32-25-12-6-4-10-23(25)29(35)24-11-5-7-13-26(24)32/h1-17H,18-19H2,(H,31,36). The van der Waals surface area contributed by atoms with Crippen LogP contribution in [0.1, 0.15) is 20.7 Å². The maximum atomic E-state index is 12.9. The van der Waals surface area contributed by atoms with Crippen LogP contribution in [0.5, 0.6) is 0 Å². The molecule has 0 saturated heterocycles. The number of nitrogens with one attached hydrogen (secondary N) is 1. The summed E-state index contributed by atoms with van der Waals surface area (Å²) in [5, 5.41) is 3.78. The first-order valence-corrected chi connectivity index (χ1v) is 11.7. The van der Waals surface area contributed by atoms with Crippen LogP contribution in [0.4, 0.5) is 5.69 Å². The zero-order valence-electron chi connectivity index (χ0n) is 19.7. The Labute approximate surface area is 211 Å². The van der Waals surface area contributed by atoms with Crippen molar-refractivity contribution in [1.29, 1.82) is 0 Å². The van der Waals surface area contributed by atoms with E-state index in [9.17, 15) is 19.2 Å². The van der Waals surface area contributed by atoms with Gasteiger partial charge < -0.3 is 14.6 Å². The number of Topliss-reactive ketones (excluding diaryl/α,β-unsaturated/α-hetero) is 1. The molecule has 0 fully saturated rings. The van der Waals surface area contributed by atoms with Crippen molar-refractivity contribution in [2.75, 3.05) is 11.9 Å². The number of ether oxygens (including phenoxy) is 1. The molecule has 0 radical (unpaired) electrons. The number of amides is 1. The molecule has 1 heterocycles. The Morgan fingerprint density at radius 3 is 1.86 bits per heavy atom. The van der Waals surface area contributed by atoms with E-state index in [2.05, 4.69) is 5.32 Å². The van der Waals surface area contributed by atoms with Crippen LogP contribution >= 0.6 is 0 Å². The number of nitrogens with zero attached hydrogens (tertiary/aromatic N) is 1. The maximum Gasteiger partial charge on any atom is 0.326 e. The number of benzene rings is 4. The van der Waals surface area contributed by atoms with Gasteiger partial charge in [0.15, 0.2) is 17.8 Å². The number of hydrogen-bond donors (Lipinski definition) is 1. The van der Waals surface area contributed by atoms with E-state index in [0.29, 0.717) is 38.6 Å². The van der Waals surface area contributed by atoms with Crippen LogP contribution in [-0.4, -0.2) is 28.8 Å². The number of esters is 1. The first-order chi connectivity index (χ1) is 18.0. The molecule has 1 N–H and O–H groups in total. The summed E-state index contributed by atoms with van der Waals surface area (Å²) in [4.78, 5) is 50.5. The van der Waals surface area contributed by atoms with Crippen molar-refractivity contribution >= 4 is 45.2 Å². The van der Waals surface area contributed by atoms with Gasteiger partial charge in [-0.05, 0) is 60.7 Å². The number of hydrogen-bond acceptors (Lipinski definition) is 5. The average Bonchev–Trinajstić information content (AvgIpc) is 2.95. The molecule has 7 heteroatoms. The first-order valence-electron chi connectivity index (χ1n) is 11.7. The predicted octanol–water partition coefficient (Wildman–Crippen LogP) is 4.83. The Morgan fingerprint density at radius 2 is 1.24 bits per heavy atom. The van der Waals surface area contributed by atoms with Gasteiger partial charge in [-0.15, -0.1) is 0 Å². The lowest BCUT2D eigenvalue weighted by atomic mass is 10.1. The third-order valence-electron chi connectivity index (χ3n) is 6.03. The molecule has 0 aliphatic rings. The number of ketones is 1. The van der Waals surface area contributed by atoms with Gasteiger partial charge in [0, 0.05) is 27.6 Å². The summed E-state index contributed by atoms with van der Waals surface area (Å²) in [5.41, 5.74) is 2.54.